The molecule has 2 heterocycles. The summed E-state index contributed by atoms with van der Waals surface area (Å²) in [5.74, 6) is 0. The predicted molar refractivity (Wildman–Crippen MR) is 59.8 cm³/mol. The van der Waals surface area contributed by atoms with Gasteiger partial charge in [-0.3, -0.25) is 0 Å². The van der Waals surface area contributed by atoms with Crippen molar-refractivity contribution < 1.29 is 23.9 Å². The van der Waals surface area contributed by atoms with Crippen LogP contribution in [0.5, 0.6) is 0 Å². The predicted octanol–water partition coefficient (Wildman–Crippen LogP) is -0.588. The van der Waals surface area contributed by atoms with Crippen LogP contribution in [-0.2, 0) is 14.3 Å². The van der Waals surface area contributed by atoms with Crippen molar-refractivity contribution in [3.8, 4) is 0 Å². The van der Waals surface area contributed by atoms with Gasteiger partial charge in [-0.25, -0.2) is 9.59 Å². The topological polar surface area (TPSA) is 80.3 Å². The largest absolute Gasteiger partial charge is 0.434 e. The van der Waals surface area contributed by atoms with E-state index in [1.807, 2.05) is 0 Å². The highest BCUT2D eigenvalue weighted by molar-refractivity contribution is 5.76. The first-order chi connectivity index (χ1) is 8.77. The molecule has 0 aromatic rings. The Labute approximate surface area is 105 Å². The van der Waals surface area contributed by atoms with Gasteiger partial charge in [0.25, 0.3) is 0 Å². The molecule has 0 aromatic carbocycles. The van der Waals surface area contributed by atoms with Crippen LogP contribution in [0.3, 0.4) is 0 Å². The number of amides is 3. The molecule has 2 aliphatic rings. The molecule has 0 saturated carbocycles. The lowest BCUT2D eigenvalue weighted by Crippen LogP contribution is -2.49. The first-order valence-corrected chi connectivity index (χ1v) is 5.93. The van der Waals surface area contributed by atoms with Crippen LogP contribution < -0.4 is 5.48 Å². The molecule has 0 spiro atoms. The average Bonchev–Trinajstić information content (AvgIpc) is 2.46. The lowest BCUT2D eigenvalue weighted by Gasteiger charge is -2.28. The Morgan fingerprint density at radius 3 is 1.94 bits per heavy atom. The SMILES string of the molecule is O=C(NOC(=O)N1CCOCC1)N1CCOCC1. The van der Waals surface area contributed by atoms with Crippen LogP contribution in [0.25, 0.3) is 0 Å². The Morgan fingerprint density at radius 1 is 0.889 bits per heavy atom. The van der Waals surface area contributed by atoms with Gasteiger partial charge in [0, 0.05) is 26.2 Å². The fourth-order valence-electron chi connectivity index (χ4n) is 1.73. The maximum Gasteiger partial charge on any atom is 0.434 e. The van der Waals surface area contributed by atoms with E-state index in [9.17, 15) is 9.59 Å². The van der Waals surface area contributed by atoms with Crippen LogP contribution in [-0.4, -0.2) is 74.5 Å². The van der Waals surface area contributed by atoms with Crippen molar-refractivity contribution in [3.63, 3.8) is 0 Å². The summed E-state index contributed by atoms with van der Waals surface area (Å²) in [5, 5.41) is 0. The highest BCUT2D eigenvalue weighted by Gasteiger charge is 2.21. The van der Waals surface area contributed by atoms with E-state index >= 15 is 0 Å². The van der Waals surface area contributed by atoms with Gasteiger partial charge in [-0.1, -0.05) is 0 Å². The Hall–Kier alpha value is -1.54. The van der Waals surface area contributed by atoms with Crippen LogP contribution in [0.4, 0.5) is 9.59 Å². The fraction of sp³-hybridized carbons (Fsp3) is 0.800. The van der Waals surface area contributed by atoms with Crippen LogP contribution in [0.15, 0.2) is 0 Å². The number of carbonyl (C=O) groups excluding carboxylic acids is 2. The smallest absolute Gasteiger partial charge is 0.378 e. The Morgan fingerprint density at radius 2 is 1.39 bits per heavy atom. The van der Waals surface area contributed by atoms with Gasteiger partial charge in [0.05, 0.1) is 26.4 Å². The van der Waals surface area contributed by atoms with Crippen LogP contribution >= 0.6 is 0 Å². The Bertz CT molecular complexity index is 270. The molecule has 18 heavy (non-hydrogen) atoms. The molecule has 2 aliphatic heterocycles. The minimum Gasteiger partial charge on any atom is -0.378 e. The third-order valence-electron chi connectivity index (χ3n) is 2.79. The number of hydroxylamine groups is 1. The number of nitrogens with one attached hydrogen (secondary N) is 1. The summed E-state index contributed by atoms with van der Waals surface area (Å²) in [5.41, 5.74) is 2.15. The summed E-state index contributed by atoms with van der Waals surface area (Å²) in [4.78, 5) is 31.0. The average molecular weight is 259 g/mol. The number of ether oxygens (including phenoxy) is 2. The first-order valence-electron chi connectivity index (χ1n) is 5.93. The lowest BCUT2D eigenvalue weighted by atomic mass is 10.4. The molecular formula is C10H17N3O5. The van der Waals surface area contributed by atoms with Crippen molar-refractivity contribution >= 4 is 12.1 Å². The second-order valence-corrected chi connectivity index (χ2v) is 3.97. The van der Waals surface area contributed by atoms with Gasteiger partial charge in [0.15, 0.2) is 0 Å². The van der Waals surface area contributed by atoms with E-state index in [0.29, 0.717) is 52.6 Å². The van der Waals surface area contributed by atoms with Crippen molar-refractivity contribution in [3.05, 3.63) is 0 Å². The van der Waals surface area contributed by atoms with E-state index in [4.69, 9.17) is 14.3 Å². The first kappa shape index (κ1) is 12.9. The van der Waals surface area contributed by atoms with Gasteiger partial charge in [-0.15, -0.1) is 0 Å². The molecule has 1 N–H and O–H groups in total. The van der Waals surface area contributed by atoms with Crippen molar-refractivity contribution in [2.45, 2.75) is 0 Å². The van der Waals surface area contributed by atoms with Crippen LogP contribution in [0.1, 0.15) is 0 Å². The van der Waals surface area contributed by atoms with Crippen LogP contribution in [0.2, 0.25) is 0 Å². The zero-order valence-corrected chi connectivity index (χ0v) is 10.1. The molecule has 2 rings (SSSR count). The van der Waals surface area contributed by atoms with Gasteiger partial charge < -0.3 is 24.1 Å². The molecule has 2 saturated heterocycles. The molecule has 8 nitrogen and oxygen atoms in total. The monoisotopic (exact) mass is 259 g/mol. The van der Waals surface area contributed by atoms with E-state index in [1.54, 1.807) is 0 Å². The van der Waals surface area contributed by atoms with Gasteiger partial charge in [0.1, 0.15) is 0 Å². The number of hydrogen-bond acceptors (Lipinski definition) is 5. The van der Waals surface area contributed by atoms with E-state index in [1.165, 1.54) is 9.80 Å². The molecule has 0 unspecified atom stereocenters. The summed E-state index contributed by atoms with van der Waals surface area (Å²) in [6.07, 6.45) is -0.556. The summed E-state index contributed by atoms with van der Waals surface area (Å²) in [6.45, 7) is 3.95. The van der Waals surface area contributed by atoms with Crippen molar-refractivity contribution in [1.82, 2.24) is 15.3 Å². The molecule has 0 radical (unpaired) electrons. The Balaban J connectivity index is 1.69. The zero-order chi connectivity index (χ0) is 12.8. The fourth-order valence-corrected chi connectivity index (χ4v) is 1.73. The molecule has 3 amide bonds. The van der Waals surface area contributed by atoms with Gasteiger partial charge >= 0.3 is 12.1 Å². The van der Waals surface area contributed by atoms with Crippen LogP contribution in [0, 0.1) is 0 Å². The molecule has 0 aliphatic carbocycles. The minimum absolute atomic E-state index is 0.417. The van der Waals surface area contributed by atoms with E-state index in [0.717, 1.165) is 0 Å². The van der Waals surface area contributed by atoms with E-state index < -0.39 is 12.1 Å². The normalized spacial score (nSPS) is 20.4. The van der Waals surface area contributed by atoms with E-state index in [-0.39, 0.29) is 0 Å². The lowest BCUT2D eigenvalue weighted by molar-refractivity contribution is 0.00567. The van der Waals surface area contributed by atoms with Crippen molar-refractivity contribution in [2.75, 3.05) is 52.6 Å². The molecule has 2 fully saturated rings. The van der Waals surface area contributed by atoms with Gasteiger partial charge in [0.2, 0.25) is 0 Å². The number of morpholine rings is 2. The zero-order valence-electron chi connectivity index (χ0n) is 10.1. The molecular weight excluding hydrogens is 242 g/mol. The van der Waals surface area contributed by atoms with E-state index in [2.05, 4.69) is 5.48 Å². The number of hydrogen-bond donors (Lipinski definition) is 1. The van der Waals surface area contributed by atoms with Gasteiger partial charge in [-0.2, -0.15) is 5.48 Å². The van der Waals surface area contributed by atoms with Gasteiger partial charge in [-0.05, 0) is 0 Å². The number of rotatable bonds is 0. The Kier molecular flexibility index (Phi) is 4.59. The number of carbonyl (C=O) groups is 2. The highest BCUT2D eigenvalue weighted by Crippen LogP contribution is 2.00. The molecule has 102 valence electrons. The third-order valence-corrected chi connectivity index (χ3v) is 2.79. The third kappa shape index (κ3) is 3.47. The summed E-state index contributed by atoms with van der Waals surface area (Å²) >= 11 is 0. The highest BCUT2D eigenvalue weighted by atomic mass is 16.7. The maximum atomic E-state index is 11.6. The molecule has 8 heteroatoms. The summed E-state index contributed by atoms with van der Waals surface area (Å²) in [7, 11) is 0. The number of nitrogens with zero attached hydrogens (tertiary/aromatic N) is 2. The minimum atomic E-state index is -0.556. The van der Waals surface area contributed by atoms with Crippen molar-refractivity contribution in [1.29, 1.82) is 0 Å². The molecule has 0 aromatic heterocycles. The second kappa shape index (κ2) is 6.41. The summed E-state index contributed by atoms with van der Waals surface area (Å²) in [6, 6.07) is -0.417. The maximum absolute atomic E-state index is 11.6. The number of urea groups is 1. The summed E-state index contributed by atoms with van der Waals surface area (Å²) < 4.78 is 10.2. The van der Waals surface area contributed by atoms with Crippen molar-refractivity contribution in [2.24, 2.45) is 0 Å². The second-order valence-electron chi connectivity index (χ2n) is 3.97. The standard InChI is InChI=1S/C10H17N3O5/c14-9(12-1-5-16-6-2-12)11-18-10(15)13-3-7-17-8-4-13/h1-8H2,(H,11,14). The quantitative estimate of drug-likeness (QED) is 0.588. The molecule has 0 bridgehead atoms. The molecule has 0 atom stereocenters.